The van der Waals surface area contributed by atoms with E-state index in [9.17, 15) is 9.18 Å². The molecule has 1 N–H and O–H groups in total. The highest BCUT2D eigenvalue weighted by atomic mass is 19.1. The molecule has 1 unspecified atom stereocenters. The predicted octanol–water partition coefficient (Wildman–Crippen LogP) is 4.33. The second kappa shape index (κ2) is 7.13. The molecule has 5 heteroatoms. The number of carbonyl (C=O) groups excluding carboxylic acids is 1. The molecule has 1 aliphatic carbocycles. The van der Waals surface area contributed by atoms with Gasteiger partial charge in [-0.2, -0.15) is 0 Å². The fourth-order valence-corrected chi connectivity index (χ4v) is 4.32. The van der Waals surface area contributed by atoms with Gasteiger partial charge in [0.15, 0.2) is 5.78 Å². The quantitative estimate of drug-likeness (QED) is 0.651. The first-order valence-electron chi connectivity index (χ1n) is 10.1. The Balaban J connectivity index is 1.31. The van der Waals surface area contributed by atoms with Crippen molar-refractivity contribution < 1.29 is 9.18 Å². The van der Waals surface area contributed by atoms with Gasteiger partial charge in [0.2, 0.25) is 0 Å². The van der Waals surface area contributed by atoms with E-state index in [1.807, 2.05) is 6.07 Å². The number of Topliss-reactive ketones (excluding diaryl/α,β-unsaturated/α-hetero) is 1. The number of pyridine rings is 1. The van der Waals surface area contributed by atoms with E-state index in [0.717, 1.165) is 29.6 Å². The molecule has 5 rings (SSSR count). The highest BCUT2D eigenvalue weighted by molar-refractivity contribution is 6.00. The van der Waals surface area contributed by atoms with Crippen LogP contribution in [-0.4, -0.2) is 40.3 Å². The van der Waals surface area contributed by atoms with E-state index in [4.69, 9.17) is 0 Å². The summed E-state index contributed by atoms with van der Waals surface area (Å²) in [6, 6.07) is 9.77. The van der Waals surface area contributed by atoms with Crippen LogP contribution in [0.15, 0.2) is 42.7 Å². The van der Waals surface area contributed by atoms with Gasteiger partial charge in [0.1, 0.15) is 5.82 Å². The average Bonchev–Trinajstić information content (AvgIpc) is 3.20. The summed E-state index contributed by atoms with van der Waals surface area (Å²) in [4.78, 5) is 22.2. The van der Waals surface area contributed by atoms with Crippen LogP contribution in [0, 0.1) is 11.7 Å². The maximum absolute atomic E-state index is 13.3. The number of ketones is 1. The van der Waals surface area contributed by atoms with Gasteiger partial charge in [-0.25, -0.2) is 4.39 Å². The Hall–Kier alpha value is -2.53. The largest absolute Gasteiger partial charge is 0.352 e. The SMILES string of the molecule is O=C(Cc1cncc(F)c1)c1cc2cc(C3CCN(CC4CC4)C3)ccc2[nH]1. The van der Waals surface area contributed by atoms with Crippen LogP contribution in [0.4, 0.5) is 4.39 Å². The first-order valence-corrected chi connectivity index (χ1v) is 10.1. The number of aromatic nitrogens is 2. The first-order chi connectivity index (χ1) is 13.6. The van der Waals surface area contributed by atoms with Crippen LogP contribution in [-0.2, 0) is 6.42 Å². The number of nitrogens with one attached hydrogen (secondary N) is 1. The molecule has 1 saturated carbocycles. The Kier molecular flexibility index (Phi) is 4.47. The van der Waals surface area contributed by atoms with Gasteiger partial charge in [-0.15, -0.1) is 0 Å². The lowest BCUT2D eigenvalue weighted by Crippen LogP contribution is -2.22. The zero-order chi connectivity index (χ0) is 19.1. The third-order valence-corrected chi connectivity index (χ3v) is 6.03. The van der Waals surface area contributed by atoms with Crippen molar-refractivity contribution in [1.82, 2.24) is 14.9 Å². The van der Waals surface area contributed by atoms with Gasteiger partial charge in [0.05, 0.1) is 11.9 Å². The van der Waals surface area contributed by atoms with Gasteiger partial charge in [-0.1, -0.05) is 6.07 Å². The highest BCUT2D eigenvalue weighted by Crippen LogP contribution is 2.34. The Morgan fingerprint density at radius 2 is 2.07 bits per heavy atom. The highest BCUT2D eigenvalue weighted by Gasteiger charge is 2.29. The Labute approximate surface area is 163 Å². The Morgan fingerprint density at radius 3 is 2.89 bits per heavy atom. The molecule has 2 aliphatic rings. The van der Waals surface area contributed by atoms with Gasteiger partial charge >= 0.3 is 0 Å². The van der Waals surface area contributed by atoms with Gasteiger partial charge < -0.3 is 9.88 Å². The van der Waals surface area contributed by atoms with Crippen molar-refractivity contribution in [3.63, 3.8) is 0 Å². The van der Waals surface area contributed by atoms with E-state index in [1.165, 1.54) is 50.2 Å². The number of carbonyl (C=O) groups is 1. The lowest BCUT2D eigenvalue weighted by Gasteiger charge is -2.15. The van der Waals surface area contributed by atoms with Crippen LogP contribution < -0.4 is 0 Å². The summed E-state index contributed by atoms with van der Waals surface area (Å²) in [7, 11) is 0. The number of aromatic amines is 1. The number of likely N-dealkylation sites (tertiary alicyclic amines) is 1. The van der Waals surface area contributed by atoms with E-state index in [-0.39, 0.29) is 12.2 Å². The van der Waals surface area contributed by atoms with Crippen molar-refractivity contribution in [3.8, 4) is 0 Å². The summed E-state index contributed by atoms with van der Waals surface area (Å²) >= 11 is 0. The standard InChI is InChI=1S/C23H24FN3O/c24-20-7-16(11-25-12-20)8-23(28)22-10-19-9-17(3-4-21(19)26-22)18-5-6-27(14-18)13-15-1-2-15/h3-4,7,9-12,15,18,26H,1-2,5-6,8,13-14H2. The molecule has 1 aromatic carbocycles. The summed E-state index contributed by atoms with van der Waals surface area (Å²) in [5, 5.41) is 1.07. The third-order valence-electron chi connectivity index (χ3n) is 6.03. The first kappa shape index (κ1) is 17.6. The Bertz CT molecular complexity index is 1020. The minimum absolute atomic E-state index is 0.0541. The van der Waals surface area contributed by atoms with Crippen LogP contribution in [0.2, 0.25) is 0 Å². The fraction of sp³-hybridized carbons (Fsp3) is 0.391. The van der Waals surface area contributed by atoms with Crippen molar-refractivity contribution >= 4 is 16.7 Å². The summed E-state index contributed by atoms with van der Waals surface area (Å²) < 4.78 is 13.3. The van der Waals surface area contributed by atoms with Crippen molar-refractivity contribution in [3.05, 3.63) is 65.4 Å². The van der Waals surface area contributed by atoms with Crippen LogP contribution in [0.1, 0.15) is 46.8 Å². The molecule has 2 aromatic heterocycles. The van der Waals surface area contributed by atoms with Crippen LogP contribution in [0.5, 0.6) is 0 Å². The van der Waals surface area contributed by atoms with Gasteiger partial charge in [-0.3, -0.25) is 9.78 Å². The van der Waals surface area contributed by atoms with Gasteiger partial charge in [0, 0.05) is 36.6 Å². The smallest absolute Gasteiger partial charge is 0.183 e. The molecule has 0 bridgehead atoms. The number of hydrogen-bond donors (Lipinski definition) is 1. The molecule has 0 amide bonds. The Morgan fingerprint density at radius 1 is 1.18 bits per heavy atom. The van der Waals surface area contributed by atoms with E-state index in [1.54, 1.807) is 0 Å². The van der Waals surface area contributed by atoms with Crippen molar-refractivity contribution in [2.24, 2.45) is 5.92 Å². The maximum atomic E-state index is 13.3. The number of halogens is 1. The summed E-state index contributed by atoms with van der Waals surface area (Å²) in [5.74, 6) is 1.05. The molecule has 144 valence electrons. The molecule has 4 nitrogen and oxygen atoms in total. The molecule has 0 radical (unpaired) electrons. The van der Waals surface area contributed by atoms with E-state index < -0.39 is 5.82 Å². The molecule has 1 aliphatic heterocycles. The summed E-state index contributed by atoms with van der Waals surface area (Å²) in [6.07, 6.45) is 6.84. The van der Waals surface area contributed by atoms with Gasteiger partial charge in [0.25, 0.3) is 0 Å². The number of rotatable bonds is 6. The van der Waals surface area contributed by atoms with Crippen LogP contribution in [0.25, 0.3) is 10.9 Å². The van der Waals surface area contributed by atoms with Crippen LogP contribution >= 0.6 is 0 Å². The second-order valence-corrected chi connectivity index (χ2v) is 8.33. The summed E-state index contributed by atoms with van der Waals surface area (Å²) in [6.45, 7) is 3.60. The zero-order valence-corrected chi connectivity index (χ0v) is 15.8. The lowest BCUT2D eigenvalue weighted by molar-refractivity contribution is 0.0989. The molecule has 3 aromatic rings. The lowest BCUT2D eigenvalue weighted by atomic mass is 9.97. The van der Waals surface area contributed by atoms with Crippen molar-refractivity contribution in [2.45, 2.75) is 31.6 Å². The van der Waals surface area contributed by atoms with E-state index >= 15 is 0 Å². The number of benzene rings is 1. The average molecular weight is 377 g/mol. The molecule has 3 heterocycles. The fourth-order valence-electron chi connectivity index (χ4n) is 4.32. The topological polar surface area (TPSA) is 49.0 Å². The maximum Gasteiger partial charge on any atom is 0.183 e. The number of H-pyrrole nitrogens is 1. The molecule has 2 fully saturated rings. The number of hydrogen-bond acceptors (Lipinski definition) is 3. The molecular formula is C23H24FN3O. The molecule has 1 saturated heterocycles. The zero-order valence-electron chi connectivity index (χ0n) is 15.8. The normalized spacial score (nSPS) is 20.1. The number of fused-ring (bicyclic) bond motifs is 1. The predicted molar refractivity (Wildman–Crippen MR) is 107 cm³/mol. The van der Waals surface area contributed by atoms with Crippen molar-refractivity contribution in [1.29, 1.82) is 0 Å². The van der Waals surface area contributed by atoms with E-state index in [0.29, 0.717) is 17.2 Å². The van der Waals surface area contributed by atoms with Gasteiger partial charge in [-0.05, 0) is 73.0 Å². The van der Waals surface area contributed by atoms with Crippen molar-refractivity contribution in [2.75, 3.05) is 19.6 Å². The molecule has 28 heavy (non-hydrogen) atoms. The third kappa shape index (κ3) is 3.72. The minimum Gasteiger partial charge on any atom is -0.352 e. The molecular weight excluding hydrogens is 353 g/mol. The number of nitrogens with zero attached hydrogens (tertiary/aromatic N) is 2. The molecule has 1 atom stereocenters. The monoisotopic (exact) mass is 377 g/mol. The van der Waals surface area contributed by atoms with E-state index in [2.05, 4.69) is 33.1 Å². The minimum atomic E-state index is -0.418. The summed E-state index contributed by atoms with van der Waals surface area (Å²) in [5.41, 5.74) is 3.49. The van der Waals surface area contributed by atoms with Crippen LogP contribution in [0.3, 0.4) is 0 Å². The molecule has 0 spiro atoms. The second-order valence-electron chi connectivity index (χ2n) is 8.33.